The number of carbonyl (C=O) groups excluding carboxylic acids is 2. The Kier molecular flexibility index (Phi) is 9.64. The second-order valence-corrected chi connectivity index (χ2v) is 4.75. The number of carbonyl (C=O) groups is 2. The molecular weight excluding hydrogens is 300 g/mol. The zero-order chi connectivity index (χ0) is 14.0. The summed E-state index contributed by atoms with van der Waals surface area (Å²) in [4.78, 5) is 23.2. The summed E-state index contributed by atoms with van der Waals surface area (Å²) in [5.74, 6) is -2.26. The first kappa shape index (κ1) is 17.2. The quantitative estimate of drug-likeness (QED) is 0.215. The van der Waals surface area contributed by atoms with E-state index in [9.17, 15) is 9.59 Å². The maximum Gasteiger partial charge on any atom is 0.320 e. The Hall–Kier alpha value is -0.840. The van der Waals surface area contributed by atoms with Crippen molar-refractivity contribution < 1.29 is 19.1 Å². The van der Waals surface area contributed by atoms with Crippen LogP contribution < -0.4 is 0 Å². The van der Waals surface area contributed by atoms with E-state index in [-0.39, 0.29) is 5.92 Å². The first-order valence-corrected chi connectivity index (χ1v) is 7.08. The molecule has 0 aromatic rings. The van der Waals surface area contributed by atoms with Gasteiger partial charge >= 0.3 is 11.9 Å². The van der Waals surface area contributed by atoms with Crippen LogP contribution in [0.5, 0.6) is 0 Å². The molecule has 0 aromatic carbocycles. The maximum absolute atomic E-state index is 11.6. The molecule has 0 saturated carbocycles. The van der Waals surface area contributed by atoms with Crippen LogP contribution in [0.2, 0.25) is 0 Å². The summed E-state index contributed by atoms with van der Waals surface area (Å²) in [6, 6.07) is 0. The molecule has 5 heteroatoms. The Balaban J connectivity index is 4.56. The smallest absolute Gasteiger partial charge is 0.320 e. The third-order valence-electron chi connectivity index (χ3n) is 2.81. The van der Waals surface area contributed by atoms with Crippen LogP contribution in [-0.2, 0) is 19.1 Å². The molecule has 0 N–H and O–H groups in total. The third-order valence-corrected chi connectivity index (χ3v) is 3.37. The largest absolute Gasteiger partial charge is 0.468 e. The van der Waals surface area contributed by atoms with Gasteiger partial charge < -0.3 is 9.47 Å². The van der Waals surface area contributed by atoms with Gasteiger partial charge in [-0.25, -0.2) is 0 Å². The van der Waals surface area contributed by atoms with E-state index in [1.165, 1.54) is 14.2 Å². The van der Waals surface area contributed by atoms with E-state index in [0.717, 1.165) is 31.0 Å². The number of hydrogen-bond acceptors (Lipinski definition) is 4. The van der Waals surface area contributed by atoms with E-state index in [2.05, 4.69) is 32.0 Å². The lowest BCUT2D eigenvalue weighted by atomic mass is 9.87. The zero-order valence-electron chi connectivity index (χ0n) is 11.0. The van der Waals surface area contributed by atoms with Crippen molar-refractivity contribution in [2.24, 2.45) is 11.8 Å². The average molecular weight is 321 g/mol. The molecule has 0 bridgehead atoms. The van der Waals surface area contributed by atoms with E-state index in [4.69, 9.17) is 0 Å². The number of allylic oxidation sites excluding steroid dienone is 1. The Morgan fingerprint density at radius 3 is 2.11 bits per heavy atom. The average Bonchev–Trinajstić information content (AvgIpc) is 2.40. The van der Waals surface area contributed by atoms with Crippen LogP contribution in [0, 0.1) is 11.8 Å². The summed E-state index contributed by atoms with van der Waals surface area (Å²) in [5.41, 5.74) is 0. The number of ether oxygens (including phenoxy) is 2. The zero-order valence-corrected chi connectivity index (χ0v) is 12.6. The van der Waals surface area contributed by atoms with Gasteiger partial charge in [0, 0.05) is 11.2 Å². The molecule has 1 unspecified atom stereocenters. The Bertz CT molecular complexity index is 262. The highest BCUT2D eigenvalue weighted by Gasteiger charge is 2.34. The molecule has 1 atom stereocenters. The Morgan fingerprint density at radius 1 is 1.17 bits per heavy atom. The highest BCUT2D eigenvalue weighted by atomic mass is 79.9. The van der Waals surface area contributed by atoms with E-state index in [1.54, 1.807) is 6.08 Å². The predicted molar refractivity (Wildman–Crippen MR) is 73.5 cm³/mol. The molecule has 18 heavy (non-hydrogen) atoms. The van der Waals surface area contributed by atoms with Crippen molar-refractivity contribution in [3.63, 3.8) is 0 Å². The monoisotopic (exact) mass is 320 g/mol. The van der Waals surface area contributed by atoms with Gasteiger partial charge in [-0.05, 0) is 12.8 Å². The molecule has 0 spiro atoms. The van der Waals surface area contributed by atoms with E-state index >= 15 is 0 Å². The minimum atomic E-state index is -0.901. The van der Waals surface area contributed by atoms with Crippen molar-refractivity contribution >= 4 is 27.9 Å². The van der Waals surface area contributed by atoms with Gasteiger partial charge in [0.25, 0.3) is 0 Å². The number of halogens is 1. The maximum atomic E-state index is 11.6. The molecule has 0 aliphatic carbocycles. The fourth-order valence-electron chi connectivity index (χ4n) is 1.77. The van der Waals surface area contributed by atoms with Crippen LogP contribution in [0.15, 0.2) is 12.7 Å². The summed E-state index contributed by atoms with van der Waals surface area (Å²) >= 11 is 3.36. The summed E-state index contributed by atoms with van der Waals surface area (Å²) in [6.07, 6.45) is 5.42. The fourth-order valence-corrected chi connectivity index (χ4v) is 2.17. The molecule has 0 saturated heterocycles. The summed E-state index contributed by atoms with van der Waals surface area (Å²) < 4.78 is 9.30. The Morgan fingerprint density at radius 2 is 1.72 bits per heavy atom. The second-order valence-electron chi connectivity index (χ2n) is 3.96. The summed E-state index contributed by atoms with van der Waals surface area (Å²) in [5, 5.41) is 0.961. The minimum Gasteiger partial charge on any atom is -0.468 e. The van der Waals surface area contributed by atoms with Gasteiger partial charge in [-0.15, -0.1) is 6.58 Å². The SMILES string of the molecule is C=CC(CCCCCBr)C(C(=O)OC)C(=O)OC. The van der Waals surface area contributed by atoms with Crippen LogP contribution in [0.3, 0.4) is 0 Å². The van der Waals surface area contributed by atoms with Crippen molar-refractivity contribution in [2.45, 2.75) is 25.7 Å². The van der Waals surface area contributed by atoms with Crippen LogP contribution in [0.25, 0.3) is 0 Å². The lowest BCUT2D eigenvalue weighted by molar-refractivity contribution is -0.160. The lowest BCUT2D eigenvalue weighted by Gasteiger charge is -2.20. The van der Waals surface area contributed by atoms with Gasteiger partial charge in [0.1, 0.15) is 0 Å². The molecule has 0 heterocycles. The highest BCUT2D eigenvalue weighted by molar-refractivity contribution is 9.09. The molecule has 0 rings (SSSR count). The normalized spacial score (nSPS) is 12.0. The van der Waals surface area contributed by atoms with Gasteiger partial charge in [0.15, 0.2) is 5.92 Å². The van der Waals surface area contributed by atoms with Crippen molar-refractivity contribution in [2.75, 3.05) is 19.5 Å². The van der Waals surface area contributed by atoms with E-state index < -0.39 is 17.9 Å². The van der Waals surface area contributed by atoms with Crippen molar-refractivity contribution in [1.29, 1.82) is 0 Å². The first-order chi connectivity index (χ1) is 8.62. The summed E-state index contributed by atoms with van der Waals surface area (Å²) in [7, 11) is 2.53. The standard InChI is InChI=1S/C13H21BrO4/c1-4-10(8-6-5-7-9-14)11(12(15)17-2)13(16)18-3/h4,10-11H,1,5-9H2,2-3H3. The molecule has 0 amide bonds. The van der Waals surface area contributed by atoms with Crippen LogP contribution in [-0.4, -0.2) is 31.5 Å². The number of alkyl halides is 1. The van der Waals surface area contributed by atoms with Gasteiger partial charge in [-0.1, -0.05) is 34.8 Å². The number of esters is 2. The third kappa shape index (κ3) is 5.67. The summed E-state index contributed by atoms with van der Waals surface area (Å²) in [6.45, 7) is 3.69. The van der Waals surface area contributed by atoms with Crippen molar-refractivity contribution in [3.05, 3.63) is 12.7 Å². The van der Waals surface area contributed by atoms with E-state index in [0.29, 0.717) is 0 Å². The van der Waals surface area contributed by atoms with Crippen LogP contribution in [0.1, 0.15) is 25.7 Å². The molecule has 0 aliphatic heterocycles. The first-order valence-electron chi connectivity index (χ1n) is 5.96. The number of methoxy groups -OCH3 is 2. The van der Waals surface area contributed by atoms with Crippen LogP contribution >= 0.6 is 15.9 Å². The van der Waals surface area contributed by atoms with Crippen LogP contribution in [0.4, 0.5) is 0 Å². The Labute approximate surface area is 117 Å². The molecule has 0 radical (unpaired) electrons. The molecular formula is C13H21BrO4. The number of rotatable bonds is 9. The molecule has 104 valence electrons. The number of hydrogen-bond donors (Lipinski definition) is 0. The van der Waals surface area contributed by atoms with E-state index in [1.807, 2.05) is 0 Å². The minimum absolute atomic E-state index is 0.236. The fraction of sp³-hybridized carbons (Fsp3) is 0.692. The van der Waals surface area contributed by atoms with Gasteiger partial charge in [0.05, 0.1) is 14.2 Å². The molecule has 0 fully saturated rings. The predicted octanol–water partition coefficient (Wildman–Crippen LogP) is 2.71. The van der Waals surface area contributed by atoms with Gasteiger partial charge in [0.2, 0.25) is 0 Å². The van der Waals surface area contributed by atoms with Gasteiger partial charge in [-0.3, -0.25) is 9.59 Å². The molecule has 0 aliphatic rings. The van der Waals surface area contributed by atoms with Crippen molar-refractivity contribution in [3.8, 4) is 0 Å². The molecule has 0 aromatic heterocycles. The molecule has 4 nitrogen and oxygen atoms in total. The van der Waals surface area contributed by atoms with Crippen molar-refractivity contribution in [1.82, 2.24) is 0 Å². The second kappa shape index (κ2) is 10.1. The number of unbranched alkanes of at least 4 members (excludes halogenated alkanes) is 2. The topological polar surface area (TPSA) is 52.6 Å². The lowest BCUT2D eigenvalue weighted by Crippen LogP contribution is -2.32. The highest BCUT2D eigenvalue weighted by Crippen LogP contribution is 2.23. The van der Waals surface area contributed by atoms with Gasteiger partial charge in [-0.2, -0.15) is 0 Å².